The fourth-order valence-electron chi connectivity index (χ4n) is 3.21. The fraction of sp³-hybridized carbons (Fsp3) is 0.136. The first-order valence-corrected chi connectivity index (χ1v) is 10.1. The van der Waals surface area contributed by atoms with E-state index in [1.54, 1.807) is 36.4 Å². The number of nitrogens with zero attached hydrogens (tertiary/aromatic N) is 4. The number of likely N-dealkylation sites (N-methyl/N-ethyl adjacent to an activating group) is 1. The van der Waals surface area contributed by atoms with Crippen molar-refractivity contribution in [2.45, 2.75) is 0 Å². The normalized spacial score (nSPS) is 10.8. The predicted molar refractivity (Wildman–Crippen MR) is 124 cm³/mol. The number of aromatic nitrogens is 3. The maximum Gasteiger partial charge on any atom is 0.271 e. The predicted octanol–water partition coefficient (Wildman–Crippen LogP) is 3.13. The minimum atomic E-state index is -0.535. The van der Waals surface area contributed by atoms with Gasteiger partial charge in [0.1, 0.15) is 11.3 Å². The topological polar surface area (TPSA) is 147 Å². The molecule has 0 aliphatic carbocycles. The number of benzene rings is 2. The number of anilines is 2. The zero-order chi connectivity index (χ0) is 23.4. The Balaban J connectivity index is 1.47. The zero-order valence-corrected chi connectivity index (χ0v) is 17.6. The molecular weight excluding hydrogens is 426 g/mol. The Labute approximate surface area is 188 Å². The van der Waals surface area contributed by atoms with Crippen LogP contribution in [0.5, 0.6) is 0 Å². The van der Waals surface area contributed by atoms with Crippen molar-refractivity contribution in [1.29, 1.82) is 0 Å². The number of non-ortho nitro benzene ring substituents is 1. The molecule has 2 heterocycles. The van der Waals surface area contributed by atoms with Crippen molar-refractivity contribution < 1.29 is 14.9 Å². The summed E-state index contributed by atoms with van der Waals surface area (Å²) in [6.07, 6.45) is 1.50. The number of rotatable bonds is 8. The molecule has 0 aliphatic rings. The molecule has 0 radical (unpaired) electrons. The molecule has 0 spiro atoms. The van der Waals surface area contributed by atoms with E-state index in [2.05, 4.69) is 25.9 Å². The third kappa shape index (κ3) is 4.72. The van der Waals surface area contributed by atoms with Crippen molar-refractivity contribution in [3.05, 3.63) is 76.5 Å². The summed E-state index contributed by atoms with van der Waals surface area (Å²) in [6.45, 7) is 1.52. The second-order valence-corrected chi connectivity index (χ2v) is 7.17. The molecule has 0 saturated heterocycles. The molecule has 4 rings (SSSR count). The van der Waals surface area contributed by atoms with E-state index in [0.29, 0.717) is 28.1 Å². The van der Waals surface area contributed by atoms with Gasteiger partial charge in [-0.05, 0) is 49.5 Å². The van der Waals surface area contributed by atoms with E-state index in [0.717, 1.165) is 17.8 Å². The second kappa shape index (κ2) is 9.32. The third-order valence-corrected chi connectivity index (χ3v) is 4.93. The summed E-state index contributed by atoms with van der Waals surface area (Å²) >= 11 is 0. The van der Waals surface area contributed by atoms with Crippen LogP contribution >= 0.6 is 0 Å². The minimum absolute atomic E-state index is 0.140. The number of hydrogen-bond donors (Lipinski definition) is 4. The summed E-state index contributed by atoms with van der Waals surface area (Å²) in [6, 6.07) is 14.2. The van der Waals surface area contributed by atoms with Crippen LogP contribution in [0.4, 0.5) is 17.2 Å². The van der Waals surface area contributed by atoms with Crippen molar-refractivity contribution in [3.8, 4) is 11.4 Å². The number of nitro benzene ring substituents is 1. The van der Waals surface area contributed by atoms with Gasteiger partial charge in [0.15, 0.2) is 5.82 Å². The van der Waals surface area contributed by atoms with Crippen molar-refractivity contribution in [2.24, 2.45) is 0 Å². The molecule has 0 unspecified atom stereocenters. The van der Waals surface area contributed by atoms with Crippen molar-refractivity contribution in [2.75, 3.05) is 30.8 Å². The second-order valence-electron chi connectivity index (χ2n) is 7.17. The van der Waals surface area contributed by atoms with Crippen molar-refractivity contribution >= 4 is 34.1 Å². The number of hydrogen-bond acceptors (Lipinski definition) is 8. The van der Waals surface area contributed by atoms with Gasteiger partial charge in [-0.2, -0.15) is 4.73 Å². The lowest BCUT2D eigenvalue weighted by Gasteiger charge is -2.08. The van der Waals surface area contributed by atoms with Gasteiger partial charge in [0, 0.05) is 42.7 Å². The molecule has 33 heavy (non-hydrogen) atoms. The van der Waals surface area contributed by atoms with Crippen LogP contribution in [0.3, 0.4) is 0 Å². The highest BCUT2D eigenvalue weighted by Gasteiger charge is 2.16. The van der Waals surface area contributed by atoms with Crippen molar-refractivity contribution in [3.63, 3.8) is 0 Å². The Morgan fingerprint density at radius 3 is 2.58 bits per heavy atom. The lowest BCUT2D eigenvalue weighted by atomic mass is 10.2. The highest BCUT2D eigenvalue weighted by molar-refractivity contribution is 6.04. The molecule has 2 aromatic heterocycles. The number of nitrogens with one attached hydrogen (secondary N) is 3. The maximum absolute atomic E-state index is 12.5. The lowest BCUT2D eigenvalue weighted by molar-refractivity contribution is -0.384. The fourth-order valence-corrected chi connectivity index (χ4v) is 3.21. The summed E-state index contributed by atoms with van der Waals surface area (Å²) < 4.78 is 0.813. The van der Waals surface area contributed by atoms with Crippen LogP contribution in [0.2, 0.25) is 0 Å². The van der Waals surface area contributed by atoms with Gasteiger partial charge in [-0.25, -0.2) is 9.97 Å². The Kier molecular flexibility index (Phi) is 6.13. The molecule has 4 aromatic rings. The largest absolute Gasteiger partial charge is 0.426 e. The van der Waals surface area contributed by atoms with E-state index < -0.39 is 4.92 Å². The standard InChI is InChI=1S/C22H21N7O4/c1-23-10-11-24-20-9-4-15(13-25-20)22(30)26-16-5-2-14(3-6-16)21-27-18-8-7-17(29(32)33)12-19(18)28(21)31/h2-9,12-13,23,31H,10-11H2,1H3,(H,24,25)(H,26,30). The first-order valence-electron chi connectivity index (χ1n) is 10.1. The summed E-state index contributed by atoms with van der Waals surface area (Å²) in [5.74, 6) is 0.607. The summed E-state index contributed by atoms with van der Waals surface area (Å²) in [7, 11) is 1.86. The van der Waals surface area contributed by atoms with E-state index in [1.807, 2.05) is 7.05 Å². The highest BCUT2D eigenvalue weighted by Crippen LogP contribution is 2.27. The maximum atomic E-state index is 12.5. The molecule has 0 saturated carbocycles. The van der Waals surface area contributed by atoms with E-state index in [-0.39, 0.29) is 22.9 Å². The van der Waals surface area contributed by atoms with E-state index >= 15 is 0 Å². The number of carbonyl (C=O) groups excluding carboxylic acids is 1. The van der Waals surface area contributed by atoms with Gasteiger partial charge >= 0.3 is 0 Å². The number of fused-ring (bicyclic) bond motifs is 1. The molecule has 2 aromatic carbocycles. The lowest BCUT2D eigenvalue weighted by Crippen LogP contribution is -2.18. The molecule has 168 valence electrons. The van der Waals surface area contributed by atoms with Crippen LogP contribution in [0.15, 0.2) is 60.8 Å². The Hall–Kier alpha value is -4.51. The Bertz CT molecular complexity index is 1300. The van der Waals surface area contributed by atoms with Crippen molar-refractivity contribution in [1.82, 2.24) is 20.0 Å². The summed E-state index contributed by atoms with van der Waals surface area (Å²) in [4.78, 5) is 31.5. The number of nitro groups is 1. The van der Waals surface area contributed by atoms with Crippen LogP contribution in [0, 0.1) is 10.1 Å². The molecule has 0 atom stereocenters. The number of imidazole rings is 1. The molecule has 1 amide bonds. The van der Waals surface area contributed by atoms with E-state index in [4.69, 9.17) is 0 Å². The monoisotopic (exact) mass is 447 g/mol. The number of amides is 1. The van der Waals surface area contributed by atoms with Gasteiger partial charge in [-0.3, -0.25) is 14.9 Å². The number of carbonyl (C=O) groups is 1. The van der Waals surface area contributed by atoms with E-state index in [9.17, 15) is 20.1 Å². The van der Waals surface area contributed by atoms with Crippen LogP contribution < -0.4 is 16.0 Å². The first kappa shape index (κ1) is 21.7. The average Bonchev–Trinajstić information content (AvgIpc) is 3.16. The summed E-state index contributed by atoms with van der Waals surface area (Å²) in [5, 5.41) is 30.4. The Morgan fingerprint density at radius 2 is 1.91 bits per heavy atom. The molecule has 11 nitrogen and oxygen atoms in total. The van der Waals surface area contributed by atoms with Crippen LogP contribution in [0.25, 0.3) is 22.4 Å². The number of pyridine rings is 1. The highest BCUT2D eigenvalue weighted by atomic mass is 16.6. The van der Waals surface area contributed by atoms with Gasteiger partial charge in [0.25, 0.3) is 11.6 Å². The van der Waals surface area contributed by atoms with Crippen LogP contribution in [-0.4, -0.2) is 50.9 Å². The molecule has 0 fully saturated rings. The molecule has 4 N–H and O–H groups in total. The molecule has 0 bridgehead atoms. The first-order chi connectivity index (χ1) is 16.0. The van der Waals surface area contributed by atoms with Gasteiger partial charge < -0.3 is 21.2 Å². The van der Waals surface area contributed by atoms with Gasteiger partial charge in [0.2, 0.25) is 0 Å². The molecular formula is C22H21N7O4. The molecule has 0 aliphatic heterocycles. The third-order valence-electron chi connectivity index (χ3n) is 4.93. The average molecular weight is 447 g/mol. The van der Waals surface area contributed by atoms with Crippen LogP contribution in [0.1, 0.15) is 10.4 Å². The Morgan fingerprint density at radius 1 is 1.12 bits per heavy atom. The molecule has 11 heteroatoms. The van der Waals surface area contributed by atoms with Gasteiger partial charge in [0.05, 0.1) is 16.0 Å². The zero-order valence-electron chi connectivity index (χ0n) is 17.6. The van der Waals surface area contributed by atoms with E-state index in [1.165, 1.54) is 24.4 Å². The smallest absolute Gasteiger partial charge is 0.271 e. The van der Waals surface area contributed by atoms with Crippen LogP contribution in [-0.2, 0) is 0 Å². The van der Waals surface area contributed by atoms with Gasteiger partial charge in [-0.1, -0.05) is 0 Å². The van der Waals surface area contributed by atoms with Gasteiger partial charge in [-0.15, -0.1) is 0 Å². The SMILES string of the molecule is CNCCNc1ccc(C(=O)Nc2ccc(-c3nc4ccc([N+](=O)[O-])cc4n3O)cc2)cn1. The summed E-state index contributed by atoms with van der Waals surface area (Å²) in [5.41, 5.74) is 2.06. The minimum Gasteiger partial charge on any atom is -0.426 e. The quantitative estimate of drug-likeness (QED) is 0.139.